The van der Waals surface area contributed by atoms with Crippen LogP contribution in [0.15, 0.2) is 29.2 Å². The Morgan fingerprint density at radius 1 is 1.57 bits per heavy atom. The van der Waals surface area contributed by atoms with Gasteiger partial charge in [0.25, 0.3) is 5.91 Å². The van der Waals surface area contributed by atoms with Crippen LogP contribution in [0.5, 0.6) is 0 Å². The predicted octanol–water partition coefficient (Wildman–Crippen LogP) is 0.138. The minimum Gasteiger partial charge on any atom is -0.548 e. The molecule has 1 heterocycles. The summed E-state index contributed by atoms with van der Waals surface area (Å²) in [6.45, 7) is -0.804. The summed E-state index contributed by atoms with van der Waals surface area (Å²) >= 11 is 5.84. The van der Waals surface area contributed by atoms with Crippen LogP contribution in [0.4, 0.5) is 4.39 Å². The van der Waals surface area contributed by atoms with Gasteiger partial charge in [-0.2, -0.15) is 0 Å². The van der Waals surface area contributed by atoms with Crippen molar-refractivity contribution in [1.82, 2.24) is 4.90 Å². The number of nitrogens with zero attached hydrogens (tertiary/aromatic N) is 1. The van der Waals surface area contributed by atoms with Gasteiger partial charge < -0.3 is 15.0 Å². The fourth-order valence-corrected chi connectivity index (χ4v) is 3.11. The number of carboxylic acid groups (broad SMARTS) is 1. The molecule has 2 rings (SSSR count). The highest BCUT2D eigenvalue weighted by molar-refractivity contribution is 8.26. The van der Waals surface area contributed by atoms with E-state index in [1.807, 2.05) is 0 Å². The van der Waals surface area contributed by atoms with Crippen molar-refractivity contribution in [2.75, 3.05) is 6.61 Å². The van der Waals surface area contributed by atoms with Crippen LogP contribution in [-0.4, -0.2) is 38.9 Å². The Hall–Kier alpha value is -1.77. The summed E-state index contributed by atoms with van der Waals surface area (Å²) in [7, 11) is 0. The van der Waals surface area contributed by atoms with Crippen molar-refractivity contribution in [2.45, 2.75) is 6.04 Å². The number of halogens is 1. The molecule has 1 aromatic carbocycles. The van der Waals surface area contributed by atoms with Crippen molar-refractivity contribution in [3.8, 4) is 0 Å². The molecule has 1 fully saturated rings. The van der Waals surface area contributed by atoms with E-state index < -0.39 is 30.3 Å². The molecule has 0 aliphatic carbocycles. The maximum absolute atomic E-state index is 13.1. The minimum absolute atomic E-state index is 0.00547. The number of aliphatic hydroxyl groups excluding tert-OH is 1. The highest BCUT2D eigenvalue weighted by Crippen LogP contribution is 2.33. The molecule has 1 saturated heterocycles. The van der Waals surface area contributed by atoms with Crippen LogP contribution in [0.2, 0.25) is 0 Å². The number of aliphatic hydroxyl groups is 1. The van der Waals surface area contributed by atoms with E-state index in [1.54, 1.807) is 6.07 Å². The van der Waals surface area contributed by atoms with Crippen molar-refractivity contribution in [1.29, 1.82) is 0 Å². The van der Waals surface area contributed by atoms with Gasteiger partial charge in [-0.15, -0.1) is 0 Å². The van der Waals surface area contributed by atoms with Gasteiger partial charge in [0.15, 0.2) is 0 Å². The fourth-order valence-electron chi connectivity index (χ4n) is 1.76. The zero-order valence-electron chi connectivity index (χ0n) is 10.5. The largest absolute Gasteiger partial charge is 0.548 e. The third-order valence-corrected chi connectivity index (χ3v) is 4.06. The van der Waals surface area contributed by atoms with Crippen molar-refractivity contribution >= 4 is 46.3 Å². The lowest BCUT2D eigenvalue weighted by molar-refractivity contribution is -0.311. The SMILES string of the molecule is O=C([O-])[C@@H](CO)N1C(=O)/C(=C/c2cccc(F)c2)SC1=S. The third kappa shape index (κ3) is 3.29. The second kappa shape index (κ2) is 6.33. The summed E-state index contributed by atoms with van der Waals surface area (Å²) in [6, 6.07) is 4.04. The number of hydrogen-bond donors (Lipinski definition) is 1. The normalized spacial score (nSPS) is 18.4. The number of carbonyl (C=O) groups is 2. The Balaban J connectivity index is 2.31. The molecule has 1 N–H and O–H groups in total. The molecule has 110 valence electrons. The highest BCUT2D eigenvalue weighted by Gasteiger charge is 2.37. The molecular weight excluding hydrogens is 317 g/mol. The van der Waals surface area contributed by atoms with Crippen LogP contribution >= 0.6 is 24.0 Å². The zero-order valence-corrected chi connectivity index (χ0v) is 12.1. The molecule has 1 aliphatic rings. The Morgan fingerprint density at radius 3 is 2.86 bits per heavy atom. The molecule has 0 aromatic heterocycles. The topological polar surface area (TPSA) is 80.7 Å². The van der Waals surface area contributed by atoms with Gasteiger partial charge >= 0.3 is 0 Å². The van der Waals surface area contributed by atoms with Gasteiger partial charge in [-0.3, -0.25) is 9.69 Å². The van der Waals surface area contributed by atoms with Gasteiger partial charge in [0.05, 0.1) is 17.5 Å². The van der Waals surface area contributed by atoms with E-state index in [2.05, 4.69) is 0 Å². The fraction of sp³-hybridized carbons (Fsp3) is 0.154. The standard InChI is InChI=1S/C13H10FNO4S2/c14-8-3-1-2-7(4-8)5-10-11(17)15(13(20)21-10)9(6-16)12(18)19/h1-5,9,16H,6H2,(H,18,19)/p-1/b10-5-/t9-/m1/s1. The smallest absolute Gasteiger partial charge is 0.266 e. The van der Waals surface area contributed by atoms with Gasteiger partial charge in [0.1, 0.15) is 16.2 Å². The molecule has 0 unspecified atom stereocenters. The monoisotopic (exact) mass is 326 g/mol. The van der Waals surface area contributed by atoms with Gasteiger partial charge in [-0.1, -0.05) is 36.1 Å². The predicted molar refractivity (Wildman–Crippen MR) is 77.3 cm³/mol. The molecule has 0 spiro atoms. The Kier molecular flexibility index (Phi) is 4.71. The summed E-state index contributed by atoms with van der Waals surface area (Å²) in [5.74, 6) is -2.71. The van der Waals surface area contributed by atoms with Gasteiger partial charge in [0.2, 0.25) is 0 Å². The van der Waals surface area contributed by atoms with Crippen LogP contribution in [-0.2, 0) is 9.59 Å². The lowest BCUT2D eigenvalue weighted by atomic mass is 10.2. The van der Waals surface area contributed by atoms with Crippen LogP contribution < -0.4 is 5.11 Å². The van der Waals surface area contributed by atoms with E-state index in [0.717, 1.165) is 16.7 Å². The number of rotatable bonds is 4. The summed E-state index contributed by atoms with van der Waals surface area (Å²) in [5, 5.41) is 20.0. The van der Waals surface area contributed by atoms with Crippen molar-refractivity contribution < 1.29 is 24.2 Å². The van der Waals surface area contributed by atoms with E-state index in [9.17, 15) is 19.1 Å². The molecule has 5 nitrogen and oxygen atoms in total. The number of aliphatic carboxylic acids is 1. The highest BCUT2D eigenvalue weighted by atomic mass is 32.2. The van der Waals surface area contributed by atoms with E-state index in [1.165, 1.54) is 24.3 Å². The van der Waals surface area contributed by atoms with Crippen molar-refractivity contribution in [3.63, 3.8) is 0 Å². The van der Waals surface area contributed by atoms with E-state index >= 15 is 0 Å². The molecule has 0 bridgehead atoms. The number of thioether (sulfide) groups is 1. The Bertz CT molecular complexity index is 647. The Morgan fingerprint density at radius 2 is 2.29 bits per heavy atom. The molecule has 1 aromatic rings. The third-order valence-electron chi connectivity index (χ3n) is 2.73. The number of hydrogen-bond acceptors (Lipinski definition) is 6. The Labute approximate surface area is 129 Å². The van der Waals surface area contributed by atoms with Crippen LogP contribution in [0.25, 0.3) is 6.08 Å². The first-order chi connectivity index (χ1) is 9.93. The zero-order chi connectivity index (χ0) is 15.6. The molecule has 21 heavy (non-hydrogen) atoms. The van der Waals surface area contributed by atoms with Crippen LogP contribution in [0.1, 0.15) is 5.56 Å². The molecule has 0 radical (unpaired) electrons. The number of thiocarbonyl (C=S) groups is 1. The molecule has 1 atom stereocenters. The van der Waals surface area contributed by atoms with Gasteiger partial charge in [0, 0.05) is 0 Å². The van der Waals surface area contributed by atoms with Gasteiger partial charge in [-0.05, 0) is 23.8 Å². The lowest BCUT2D eigenvalue weighted by Gasteiger charge is -2.25. The number of amides is 1. The number of carbonyl (C=O) groups excluding carboxylic acids is 2. The first-order valence-electron chi connectivity index (χ1n) is 5.78. The maximum atomic E-state index is 13.1. The van der Waals surface area contributed by atoms with E-state index in [0.29, 0.717) is 5.56 Å². The second-order valence-corrected chi connectivity index (χ2v) is 5.80. The minimum atomic E-state index is -1.60. The average Bonchev–Trinajstić information content (AvgIpc) is 2.67. The maximum Gasteiger partial charge on any atom is 0.266 e. The van der Waals surface area contributed by atoms with Crippen molar-refractivity contribution in [2.24, 2.45) is 0 Å². The first kappa shape index (κ1) is 15.6. The molecule has 1 amide bonds. The summed E-state index contributed by atoms with van der Waals surface area (Å²) < 4.78 is 13.1. The summed E-state index contributed by atoms with van der Waals surface area (Å²) in [4.78, 5) is 24.0. The van der Waals surface area contributed by atoms with Gasteiger partial charge in [-0.25, -0.2) is 4.39 Å². The van der Waals surface area contributed by atoms with Crippen LogP contribution in [0, 0.1) is 5.82 Å². The molecular formula is C13H9FNO4S2-. The second-order valence-electron chi connectivity index (χ2n) is 4.12. The summed E-state index contributed by atoms with van der Waals surface area (Å²) in [5.41, 5.74) is 0.449. The summed E-state index contributed by atoms with van der Waals surface area (Å²) in [6.07, 6.45) is 1.41. The van der Waals surface area contributed by atoms with E-state index in [4.69, 9.17) is 17.3 Å². The van der Waals surface area contributed by atoms with Crippen molar-refractivity contribution in [3.05, 3.63) is 40.6 Å². The quantitative estimate of drug-likeness (QED) is 0.626. The molecule has 0 saturated carbocycles. The van der Waals surface area contributed by atoms with E-state index in [-0.39, 0.29) is 9.23 Å². The van der Waals surface area contributed by atoms with Crippen LogP contribution in [0.3, 0.4) is 0 Å². The molecule has 1 aliphatic heterocycles. The lowest BCUT2D eigenvalue weighted by Crippen LogP contribution is -2.51. The number of benzene rings is 1. The number of carboxylic acids is 1. The molecule has 8 heteroatoms. The first-order valence-corrected chi connectivity index (χ1v) is 7.01. The average molecular weight is 326 g/mol.